The molecule has 1 saturated heterocycles. The van der Waals surface area contributed by atoms with Crippen LogP contribution in [0, 0.1) is 5.92 Å². The van der Waals surface area contributed by atoms with Gasteiger partial charge in [-0.15, -0.1) is 0 Å². The van der Waals surface area contributed by atoms with Crippen molar-refractivity contribution < 1.29 is 10.2 Å². The highest BCUT2D eigenvalue weighted by molar-refractivity contribution is 6.34. The maximum absolute atomic E-state index is 10.4. The Labute approximate surface area is 162 Å². The molecule has 6 nitrogen and oxygen atoms in total. The Bertz CT molecular complexity index is 727. The third-order valence-corrected chi connectivity index (χ3v) is 4.94. The van der Waals surface area contributed by atoms with E-state index in [0.717, 1.165) is 31.7 Å². The third kappa shape index (κ3) is 4.98. The Morgan fingerprint density at radius 1 is 1.19 bits per heavy atom. The van der Waals surface area contributed by atoms with Crippen LogP contribution in [0.1, 0.15) is 24.5 Å². The molecule has 1 aromatic heterocycles. The molecule has 8 heteroatoms. The van der Waals surface area contributed by atoms with Gasteiger partial charge < -0.3 is 20.4 Å². The van der Waals surface area contributed by atoms with Crippen LogP contribution in [0.5, 0.6) is 0 Å². The summed E-state index contributed by atoms with van der Waals surface area (Å²) in [5.41, 5.74) is 0.645. The van der Waals surface area contributed by atoms with Crippen LogP contribution < -0.4 is 10.2 Å². The van der Waals surface area contributed by atoms with Gasteiger partial charge in [-0.25, -0.2) is 9.97 Å². The van der Waals surface area contributed by atoms with Crippen LogP contribution in [0.2, 0.25) is 10.0 Å². The predicted molar refractivity (Wildman–Crippen MR) is 104 cm³/mol. The zero-order valence-corrected chi connectivity index (χ0v) is 15.8. The molecule has 0 bridgehead atoms. The van der Waals surface area contributed by atoms with E-state index in [1.165, 1.54) is 6.33 Å². The number of halogens is 2. The molecule has 0 aliphatic carbocycles. The first-order chi connectivity index (χ1) is 12.5. The summed E-state index contributed by atoms with van der Waals surface area (Å²) in [6, 6.07) is 6.86. The maximum atomic E-state index is 10.4. The van der Waals surface area contributed by atoms with Gasteiger partial charge in [-0.3, -0.25) is 0 Å². The number of rotatable bonds is 6. The molecule has 2 aromatic rings. The second kappa shape index (κ2) is 8.86. The summed E-state index contributed by atoms with van der Waals surface area (Å²) in [5, 5.41) is 23.8. The van der Waals surface area contributed by atoms with Crippen LogP contribution in [0.15, 0.2) is 30.6 Å². The Kier molecular flexibility index (Phi) is 6.53. The molecule has 1 fully saturated rings. The van der Waals surface area contributed by atoms with Gasteiger partial charge in [-0.05, 0) is 42.5 Å². The number of aliphatic hydroxyl groups excluding tert-OH is 2. The molecule has 1 aliphatic heterocycles. The lowest BCUT2D eigenvalue weighted by Gasteiger charge is -2.32. The number of benzene rings is 1. The molecule has 1 aromatic carbocycles. The van der Waals surface area contributed by atoms with E-state index in [0.29, 0.717) is 21.4 Å². The minimum Gasteiger partial charge on any atom is -0.396 e. The molecule has 0 radical (unpaired) electrons. The summed E-state index contributed by atoms with van der Waals surface area (Å²) in [6.45, 7) is 2.17. The zero-order valence-electron chi connectivity index (χ0n) is 14.3. The third-order valence-electron chi connectivity index (χ3n) is 4.50. The van der Waals surface area contributed by atoms with Crippen LogP contribution in [0.3, 0.4) is 0 Å². The van der Waals surface area contributed by atoms with Gasteiger partial charge >= 0.3 is 0 Å². The van der Waals surface area contributed by atoms with E-state index in [2.05, 4.69) is 20.2 Å². The first-order valence-corrected chi connectivity index (χ1v) is 9.36. The summed E-state index contributed by atoms with van der Waals surface area (Å²) in [7, 11) is 0. The van der Waals surface area contributed by atoms with Crippen molar-refractivity contribution in [2.24, 2.45) is 5.92 Å². The van der Waals surface area contributed by atoms with Gasteiger partial charge in [0.05, 0.1) is 6.10 Å². The van der Waals surface area contributed by atoms with Gasteiger partial charge in [0.15, 0.2) is 0 Å². The fourth-order valence-electron chi connectivity index (χ4n) is 3.13. The van der Waals surface area contributed by atoms with Crippen LogP contribution >= 0.6 is 23.2 Å². The van der Waals surface area contributed by atoms with E-state index >= 15 is 0 Å². The van der Waals surface area contributed by atoms with E-state index in [1.807, 2.05) is 6.07 Å². The summed E-state index contributed by atoms with van der Waals surface area (Å²) in [5.74, 6) is 1.73. The van der Waals surface area contributed by atoms with Crippen molar-refractivity contribution in [3.05, 3.63) is 46.2 Å². The second-order valence-electron chi connectivity index (χ2n) is 6.50. The molecule has 3 N–H and O–H groups in total. The van der Waals surface area contributed by atoms with Crippen molar-refractivity contribution >= 4 is 34.8 Å². The van der Waals surface area contributed by atoms with Crippen molar-refractivity contribution in [1.29, 1.82) is 0 Å². The average Bonchev–Trinajstić information content (AvgIpc) is 2.65. The van der Waals surface area contributed by atoms with Crippen molar-refractivity contribution in [3.63, 3.8) is 0 Å². The fourth-order valence-corrected chi connectivity index (χ4v) is 3.67. The Morgan fingerprint density at radius 2 is 1.96 bits per heavy atom. The lowest BCUT2D eigenvalue weighted by atomic mass is 9.99. The van der Waals surface area contributed by atoms with E-state index in [4.69, 9.17) is 23.2 Å². The molecule has 2 atom stereocenters. The SMILES string of the molecule is OCC1CCCN(c2cc(NCC(O)c3cc(Cl)cc(Cl)c3)ncn2)C1. The molecule has 0 spiro atoms. The second-order valence-corrected chi connectivity index (χ2v) is 7.37. The quantitative estimate of drug-likeness (QED) is 0.695. The predicted octanol–water partition coefficient (Wildman–Crippen LogP) is 3.14. The first kappa shape index (κ1) is 19.2. The molecule has 26 heavy (non-hydrogen) atoms. The minimum atomic E-state index is -0.765. The molecule has 2 heterocycles. The summed E-state index contributed by atoms with van der Waals surface area (Å²) >= 11 is 12.0. The molecular weight excluding hydrogens is 375 g/mol. The molecule has 3 rings (SSSR count). The van der Waals surface area contributed by atoms with Crippen LogP contribution in [0.4, 0.5) is 11.6 Å². The molecular formula is C18H22Cl2N4O2. The lowest BCUT2D eigenvalue weighted by molar-refractivity contribution is 0.191. The molecule has 0 amide bonds. The Morgan fingerprint density at radius 3 is 2.69 bits per heavy atom. The standard InChI is InChI=1S/C18H22Cl2N4O2/c19-14-4-13(5-15(20)6-14)16(26)8-21-17-7-18(23-11-22-17)24-3-1-2-12(9-24)10-25/h4-7,11-12,16,25-26H,1-3,8-10H2,(H,21,22,23). The van der Waals surface area contributed by atoms with Gasteiger partial charge in [0, 0.05) is 42.4 Å². The molecule has 1 aliphatic rings. The number of piperidine rings is 1. The lowest BCUT2D eigenvalue weighted by Crippen LogP contribution is -2.37. The minimum absolute atomic E-state index is 0.196. The fraction of sp³-hybridized carbons (Fsp3) is 0.444. The molecule has 2 unspecified atom stereocenters. The Hall–Kier alpha value is -1.60. The summed E-state index contributed by atoms with van der Waals surface area (Å²) in [4.78, 5) is 10.7. The van der Waals surface area contributed by atoms with Crippen molar-refractivity contribution in [2.75, 3.05) is 36.5 Å². The van der Waals surface area contributed by atoms with Crippen molar-refractivity contribution in [2.45, 2.75) is 18.9 Å². The first-order valence-electron chi connectivity index (χ1n) is 8.61. The van der Waals surface area contributed by atoms with E-state index in [9.17, 15) is 10.2 Å². The Balaban J connectivity index is 1.63. The van der Waals surface area contributed by atoms with Gasteiger partial charge in [0.25, 0.3) is 0 Å². The molecule has 140 valence electrons. The monoisotopic (exact) mass is 396 g/mol. The van der Waals surface area contributed by atoms with Gasteiger partial charge in [-0.2, -0.15) is 0 Å². The van der Waals surface area contributed by atoms with Crippen LogP contribution in [-0.4, -0.2) is 46.4 Å². The largest absolute Gasteiger partial charge is 0.396 e. The highest BCUT2D eigenvalue weighted by atomic mass is 35.5. The number of anilines is 2. The number of aromatic nitrogens is 2. The maximum Gasteiger partial charge on any atom is 0.134 e. The van der Waals surface area contributed by atoms with Gasteiger partial charge in [-0.1, -0.05) is 23.2 Å². The van der Waals surface area contributed by atoms with Gasteiger partial charge in [0.1, 0.15) is 18.0 Å². The number of nitrogens with zero attached hydrogens (tertiary/aromatic N) is 3. The highest BCUT2D eigenvalue weighted by Crippen LogP contribution is 2.25. The zero-order chi connectivity index (χ0) is 18.5. The van der Waals surface area contributed by atoms with Gasteiger partial charge in [0.2, 0.25) is 0 Å². The molecule has 0 saturated carbocycles. The van der Waals surface area contributed by atoms with E-state index in [1.54, 1.807) is 18.2 Å². The topological polar surface area (TPSA) is 81.5 Å². The number of nitrogens with one attached hydrogen (secondary N) is 1. The van der Waals surface area contributed by atoms with Crippen LogP contribution in [-0.2, 0) is 0 Å². The normalized spacial score (nSPS) is 18.6. The van der Waals surface area contributed by atoms with E-state index in [-0.39, 0.29) is 19.1 Å². The van der Waals surface area contributed by atoms with E-state index < -0.39 is 6.10 Å². The average molecular weight is 397 g/mol. The summed E-state index contributed by atoms with van der Waals surface area (Å²) < 4.78 is 0. The number of hydrogen-bond acceptors (Lipinski definition) is 6. The summed E-state index contributed by atoms with van der Waals surface area (Å²) in [6.07, 6.45) is 2.81. The number of aliphatic hydroxyl groups is 2. The highest BCUT2D eigenvalue weighted by Gasteiger charge is 2.20. The number of hydrogen-bond donors (Lipinski definition) is 3. The van der Waals surface area contributed by atoms with Crippen molar-refractivity contribution in [1.82, 2.24) is 9.97 Å². The van der Waals surface area contributed by atoms with Crippen molar-refractivity contribution in [3.8, 4) is 0 Å². The van der Waals surface area contributed by atoms with Crippen LogP contribution in [0.25, 0.3) is 0 Å². The smallest absolute Gasteiger partial charge is 0.134 e.